The van der Waals surface area contributed by atoms with Crippen molar-refractivity contribution in [3.63, 3.8) is 0 Å². The molecule has 0 aliphatic heterocycles. The molecule has 0 saturated carbocycles. The van der Waals surface area contributed by atoms with Crippen molar-refractivity contribution in [2.24, 2.45) is 10.2 Å². The molecule has 2 N–H and O–H groups in total. The molecule has 7 nitrogen and oxygen atoms in total. The zero-order valence-electron chi connectivity index (χ0n) is 11.7. The minimum atomic E-state index is -5.24. The summed E-state index contributed by atoms with van der Waals surface area (Å²) in [6.45, 7) is 1.09. The Morgan fingerprint density at radius 3 is 2.35 bits per heavy atom. The second-order valence-corrected chi connectivity index (χ2v) is 3.94. The van der Waals surface area contributed by atoms with Crippen LogP contribution in [0.5, 0.6) is 0 Å². The molecule has 0 saturated heterocycles. The van der Waals surface area contributed by atoms with E-state index in [4.69, 9.17) is 10.2 Å². The topological polar surface area (TPSA) is 109 Å². The summed E-state index contributed by atoms with van der Waals surface area (Å²) < 4.78 is 41.9. The number of hydrogen-bond donors (Lipinski definition) is 2. The molecule has 0 atom stereocenters. The Morgan fingerprint density at radius 2 is 1.83 bits per heavy atom. The quantitative estimate of drug-likeness (QED) is 0.372. The number of carbonyl (C=O) groups is 2. The Morgan fingerprint density at radius 1 is 1.22 bits per heavy atom. The van der Waals surface area contributed by atoms with Crippen LogP contribution in [0, 0.1) is 0 Å². The molecule has 0 aromatic heterocycles. The second kappa shape index (κ2) is 7.38. The van der Waals surface area contributed by atoms with Crippen LogP contribution >= 0.6 is 0 Å². The molecule has 0 amide bonds. The number of hydrogen-bond acceptors (Lipinski definition) is 6. The van der Waals surface area contributed by atoms with Gasteiger partial charge in [0.25, 0.3) is 0 Å². The summed E-state index contributed by atoms with van der Waals surface area (Å²) in [5, 5.41) is 24.3. The van der Waals surface area contributed by atoms with Crippen LogP contribution < -0.4 is 0 Å². The molecule has 0 aliphatic carbocycles. The lowest BCUT2D eigenvalue weighted by Gasteiger charge is -2.08. The van der Waals surface area contributed by atoms with Gasteiger partial charge in [0.2, 0.25) is 11.5 Å². The number of alkyl halides is 3. The van der Waals surface area contributed by atoms with Gasteiger partial charge in [-0.15, -0.1) is 10.2 Å². The molecule has 0 fully saturated rings. The van der Waals surface area contributed by atoms with E-state index >= 15 is 0 Å². The van der Waals surface area contributed by atoms with Gasteiger partial charge in [-0.05, 0) is 19.1 Å². The number of aliphatic hydroxyl groups excluding tert-OH is 1. The van der Waals surface area contributed by atoms with E-state index in [0.29, 0.717) is 0 Å². The number of aliphatic hydroxyl groups is 1. The van der Waals surface area contributed by atoms with Crippen molar-refractivity contribution in [1.82, 2.24) is 0 Å². The van der Waals surface area contributed by atoms with Crippen LogP contribution in [0.2, 0.25) is 0 Å². The summed E-state index contributed by atoms with van der Waals surface area (Å²) in [6, 6.07) is 5.06. The highest BCUT2D eigenvalue weighted by molar-refractivity contribution is 5.93. The lowest BCUT2D eigenvalue weighted by Crippen LogP contribution is -2.18. The highest BCUT2D eigenvalue weighted by Gasteiger charge is 2.39. The first-order valence-electron chi connectivity index (χ1n) is 6.10. The largest absolute Gasteiger partial charge is 0.502 e. The van der Waals surface area contributed by atoms with Crippen LogP contribution in [0.4, 0.5) is 18.9 Å². The van der Waals surface area contributed by atoms with Crippen LogP contribution in [0.1, 0.15) is 17.3 Å². The van der Waals surface area contributed by atoms with Gasteiger partial charge in [-0.2, -0.15) is 13.2 Å². The Hall–Kier alpha value is -2.91. The van der Waals surface area contributed by atoms with Crippen molar-refractivity contribution in [3.8, 4) is 0 Å². The number of nitrogens with zero attached hydrogens (tertiary/aromatic N) is 2. The number of carboxylic acids is 1. The average Bonchev–Trinajstić information content (AvgIpc) is 2.46. The number of esters is 1. The van der Waals surface area contributed by atoms with Gasteiger partial charge in [-0.25, -0.2) is 9.59 Å². The monoisotopic (exact) mass is 332 g/mol. The second-order valence-electron chi connectivity index (χ2n) is 3.94. The maximum Gasteiger partial charge on any atom is 0.451 e. The number of rotatable bonds is 5. The fourth-order valence-electron chi connectivity index (χ4n) is 1.36. The van der Waals surface area contributed by atoms with Gasteiger partial charge in [0.1, 0.15) is 5.69 Å². The maximum absolute atomic E-state index is 12.5. The molecule has 10 heteroatoms. The highest BCUT2D eigenvalue weighted by atomic mass is 19.4. The third-order valence-corrected chi connectivity index (χ3v) is 2.35. The predicted molar refractivity (Wildman–Crippen MR) is 70.3 cm³/mol. The van der Waals surface area contributed by atoms with Gasteiger partial charge in [0.05, 0.1) is 12.2 Å². The van der Waals surface area contributed by atoms with Gasteiger partial charge in [-0.3, -0.25) is 0 Å². The first kappa shape index (κ1) is 18.1. The molecule has 0 bridgehead atoms. The third kappa shape index (κ3) is 4.80. The number of ether oxygens (including phenoxy) is 1. The summed E-state index contributed by atoms with van der Waals surface area (Å²) in [5.41, 5.74) is -2.11. The molecule has 0 heterocycles. The summed E-state index contributed by atoms with van der Waals surface area (Å²) in [4.78, 5) is 22.4. The fourth-order valence-corrected chi connectivity index (χ4v) is 1.36. The smallest absolute Gasteiger partial charge is 0.451 e. The van der Waals surface area contributed by atoms with E-state index in [1.54, 1.807) is 0 Å². The normalized spacial score (nSPS) is 12.9. The number of azo groups is 1. The molecular formula is C13H11F3N2O5. The van der Waals surface area contributed by atoms with Crippen molar-refractivity contribution in [3.05, 3.63) is 41.3 Å². The van der Waals surface area contributed by atoms with Crippen LogP contribution in [-0.2, 0) is 9.53 Å². The maximum atomic E-state index is 12.5. The summed E-state index contributed by atoms with van der Waals surface area (Å²) in [7, 11) is 0. The van der Waals surface area contributed by atoms with Gasteiger partial charge in [-0.1, -0.05) is 12.1 Å². The summed E-state index contributed by atoms with van der Waals surface area (Å²) >= 11 is 0. The van der Waals surface area contributed by atoms with E-state index in [2.05, 4.69) is 15.0 Å². The Labute approximate surface area is 127 Å². The Kier molecular flexibility index (Phi) is 5.82. The minimum absolute atomic E-state index is 0.255. The fraction of sp³-hybridized carbons (Fsp3) is 0.231. The van der Waals surface area contributed by atoms with E-state index in [9.17, 15) is 22.8 Å². The van der Waals surface area contributed by atoms with Crippen molar-refractivity contribution in [2.45, 2.75) is 13.1 Å². The van der Waals surface area contributed by atoms with Crippen LogP contribution in [0.3, 0.4) is 0 Å². The van der Waals surface area contributed by atoms with Gasteiger partial charge in [0.15, 0.2) is 0 Å². The number of benzene rings is 1. The van der Waals surface area contributed by atoms with E-state index in [-0.39, 0.29) is 17.9 Å². The van der Waals surface area contributed by atoms with Crippen molar-refractivity contribution < 1.29 is 37.7 Å². The van der Waals surface area contributed by atoms with Crippen molar-refractivity contribution >= 4 is 17.6 Å². The van der Waals surface area contributed by atoms with Gasteiger partial charge >= 0.3 is 18.1 Å². The van der Waals surface area contributed by atoms with E-state index in [1.807, 2.05) is 0 Å². The summed E-state index contributed by atoms with van der Waals surface area (Å²) in [5.74, 6) is -5.22. The van der Waals surface area contributed by atoms with E-state index in [1.165, 1.54) is 25.1 Å². The van der Waals surface area contributed by atoms with Crippen molar-refractivity contribution in [2.75, 3.05) is 6.61 Å². The number of aromatic carboxylic acids is 1. The minimum Gasteiger partial charge on any atom is -0.502 e. The SMILES string of the molecule is CCOC(=O)/C(N=Nc1ccccc1C(=O)O)=C(/O)C(F)(F)F. The van der Waals surface area contributed by atoms with E-state index in [0.717, 1.165) is 6.07 Å². The van der Waals surface area contributed by atoms with E-state index < -0.39 is 29.6 Å². The highest BCUT2D eigenvalue weighted by Crippen LogP contribution is 2.28. The van der Waals surface area contributed by atoms with Crippen LogP contribution in [0.25, 0.3) is 0 Å². The first-order chi connectivity index (χ1) is 10.7. The van der Waals surface area contributed by atoms with Gasteiger partial charge < -0.3 is 14.9 Å². The third-order valence-electron chi connectivity index (χ3n) is 2.35. The number of carbonyl (C=O) groups excluding carboxylic acids is 1. The average molecular weight is 332 g/mol. The van der Waals surface area contributed by atoms with Gasteiger partial charge in [0, 0.05) is 0 Å². The molecule has 1 aromatic rings. The standard InChI is InChI=1S/C13H11F3N2O5/c1-2-23-12(22)9(10(19)13(14,15)16)18-17-8-6-4-3-5-7(8)11(20)21/h3-6,19H,2H2,1H3,(H,20,21)/b10-9-,18-17?. The Bertz CT molecular complexity index is 668. The number of allylic oxidation sites excluding steroid dienone is 1. The summed E-state index contributed by atoms with van der Waals surface area (Å²) in [6.07, 6.45) is -5.24. The molecule has 124 valence electrons. The van der Waals surface area contributed by atoms with Crippen LogP contribution in [0.15, 0.2) is 46.0 Å². The molecule has 0 spiro atoms. The first-order valence-corrected chi connectivity index (χ1v) is 6.10. The predicted octanol–water partition coefficient (Wildman–Crippen LogP) is 3.36. The number of carboxylic acid groups (broad SMARTS) is 1. The zero-order chi connectivity index (χ0) is 17.6. The molecule has 23 heavy (non-hydrogen) atoms. The molecular weight excluding hydrogens is 321 g/mol. The molecule has 0 unspecified atom stereocenters. The molecule has 0 aliphatic rings. The molecule has 1 rings (SSSR count). The molecule has 1 aromatic carbocycles. The molecule has 0 radical (unpaired) electrons. The van der Waals surface area contributed by atoms with Crippen molar-refractivity contribution in [1.29, 1.82) is 0 Å². The Balaban J connectivity index is 3.32. The lowest BCUT2D eigenvalue weighted by atomic mass is 10.2. The number of halogens is 3. The zero-order valence-corrected chi connectivity index (χ0v) is 11.7. The van der Waals surface area contributed by atoms with Crippen LogP contribution in [-0.4, -0.2) is 34.9 Å². The lowest BCUT2D eigenvalue weighted by molar-refractivity contribution is -0.143.